The quantitative estimate of drug-likeness (QED) is 0.704. The van der Waals surface area contributed by atoms with Crippen molar-refractivity contribution in [1.29, 1.82) is 0 Å². The normalized spacial score (nSPS) is 26.3. The summed E-state index contributed by atoms with van der Waals surface area (Å²) in [5.74, 6) is -0.552. The van der Waals surface area contributed by atoms with E-state index >= 15 is 0 Å². The molecule has 1 saturated heterocycles. The van der Waals surface area contributed by atoms with E-state index in [9.17, 15) is 9.90 Å². The Kier molecular flexibility index (Phi) is 4.11. The van der Waals surface area contributed by atoms with Crippen LogP contribution in [0.3, 0.4) is 0 Å². The molecule has 2 atom stereocenters. The van der Waals surface area contributed by atoms with Crippen LogP contribution in [0.25, 0.3) is 0 Å². The van der Waals surface area contributed by atoms with Gasteiger partial charge in [-0.05, 0) is 32.7 Å². The number of nitrogens with zero attached hydrogens (tertiary/aromatic N) is 1. The summed E-state index contributed by atoms with van der Waals surface area (Å²) >= 11 is 0. The summed E-state index contributed by atoms with van der Waals surface area (Å²) in [5.41, 5.74) is -1.38. The lowest BCUT2D eigenvalue weighted by Crippen LogP contribution is -2.48. The third-order valence-corrected chi connectivity index (χ3v) is 3.11. The van der Waals surface area contributed by atoms with Crippen LogP contribution in [0.2, 0.25) is 0 Å². The molecule has 0 spiro atoms. The minimum atomic E-state index is -1.38. The lowest BCUT2D eigenvalue weighted by molar-refractivity contribution is -0.162. The van der Waals surface area contributed by atoms with Crippen molar-refractivity contribution in [2.75, 3.05) is 20.2 Å². The number of hydrogen-bond donors (Lipinski definition) is 1. The lowest BCUT2D eigenvalue weighted by Gasteiger charge is -2.30. The van der Waals surface area contributed by atoms with Gasteiger partial charge < -0.3 is 9.84 Å². The van der Waals surface area contributed by atoms with Gasteiger partial charge in [0.05, 0.1) is 7.11 Å². The highest BCUT2D eigenvalue weighted by molar-refractivity contribution is 5.78. The van der Waals surface area contributed by atoms with E-state index in [-0.39, 0.29) is 0 Å². The molecule has 1 heterocycles. The number of rotatable bonds is 4. The van der Waals surface area contributed by atoms with Gasteiger partial charge in [-0.3, -0.25) is 4.90 Å². The molecule has 0 aromatic rings. The Hall–Kier alpha value is -0.610. The molecule has 4 heteroatoms. The van der Waals surface area contributed by atoms with Crippen LogP contribution in [-0.4, -0.2) is 47.8 Å². The molecule has 1 fully saturated rings. The predicted molar refractivity (Wildman–Crippen MR) is 57.5 cm³/mol. The molecule has 1 rings (SSSR count). The van der Waals surface area contributed by atoms with E-state index in [1.54, 1.807) is 0 Å². The van der Waals surface area contributed by atoms with E-state index in [4.69, 9.17) is 0 Å². The number of ether oxygens (including phenoxy) is 1. The average molecular weight is 215 g/mol. The predicted octanol–water partition coefficient (Wildman–Crippen LogP) is 0.785. The SMILES string of the molecule is CCC1CCCN1CC(C)(O)C(=O)OC. The van der Waals surface area contributed by atoms with Crippen LogP contribution in [0.5, 0.6) is 0 Å². The smallest absolute Gasteiger partial charge is 0.338 e. The Labute approximate surface area is 91.2 Å². The molecule has 15 heavy (non-hydrogen) atoms. The third kappa shape index (κ3) is 2.92. The molecule has 88 valence electrons. The summed E-state index contributed by atoms with van der Waals surface area (Å²) in [6.45, 7) is 4.99. The van der Waals surface area contributed by atoms with Crippen LogP contribution in [0, 0.1) is 0 Å². The van der Waals surface area contributed by atoms with Crippen LogP contribution in [0.15, 0.2) is 0 Å². The van der Waals surface area contributed by atoms with Crippen molar-refractivity contribution < 1.29 is 14.6 Å². The largest absolute Gasteiger partial charge is 0.467 e. The molecule has 0 bridgehead atoms. The van der Waals surface area contributed by atoms with E-state index in [0.29, 0.717) is 12.6 Å². The zero-order chi connectivity index (χ0) is 11.5. The van der Waals surface area contributed by atoms with Gasteiger partial charge in [-0.1, -0.05) is 6.92 Å². The van der Waals surface area contributed by atoms with Crippen LogP contribution in [0.4, 0.5) is 0 Å². The lowest BCUT2D eigenvalue weighted by atomic mass is 10.1. The van der Waals surface area contributed by atoms with Gasteiger partial charge in [0.1, 0.15) is 0 Å². The van der Waals surface area contributed by atoms with Crippen molar-refractivity contribution in [3.63, 3.8) is 0 Å². The molecule has 0 radical (unpaired) electrons. The molecule has 4 nitrogen and oxygen atoms in total. The number of carbonyl (C=O) groups excluding carboxylic acids is 1. The second-order valence-electron chi connectivity index (χ2n) is 4.44. The number of esters is 1. The van der Waals surface area contributed by atoms with Crippen LogP contribution < -0.4 is 0 Å². The Morgan fingerprint density at radius 1 is 1.67 bits per heavy atom. The second kappa shape index (κ2) is 4.94. The van der Waals surface area contributed by atoms with Gasteiger partial charge in [-0.2, -0.15) is 0 Å². The summed E-state index contributed by atoms with van der Waals surface area (Å²) in [6, 6.07) is 0.501. The summed E-state index contributed by atoms with van der Waals surface area (Å²) < 4.78 is 4.58. The molecule has 2 unspecified atom stereocenters. The van der Waals surface area contributed by atoms with Crippen molar-refractivity contribution in [1.82, 2.24) is 4.90 Å². The van der Waals surface area contributed by atoms with E-state index in [0.717, 1.165) is 25.8 Å². The van der Waals surface area contributed by atoms with Crippen LogP contribution in [-0.2, 0) is 9.53 Å². The maximum atomic E-state index is 11.3. The number of β-amino-alcohol motifs (C(OH)–C–C–N with tert-alkyl or cyclic N) is 1. The van der Waals surface area contributed by atoms with Crippen molar-refractivity contribution in [2.24, 2.45) is 0 Å². The number of hydrogen-bond acceptors (Lipinski definition) is 4. The molecule has 0 amide bonds. The molecular weight excluding hydrogens is 194 g/mol. The molecule has 1 aliphatic heterocycles. The Bertz CT molecular complexity index is 228. The fourth-order valence-corrected chi connectivity index (χ4v) is 2.25. The molecule has 0 aromatic carbocycles. The van der Waals surface area contributed by atoms with Gasteiger partial charge in [0.15, 0.2) is 5.60 Å². The maximum absolute atomic E-state index is 11.3. The van der Waals surface area contributed by atoms with Gasteiger partial charge in [0, 0.05) is 12.6 Å². The van der Waals surface area contributed by atoms with Crippen molar-refractivity contribution >= 4 is 5.97 Å². The summed E-state index contributed by atoms with van der Waals surface area (Å²) in [7, 11) is 1.30. The van der Waals surface area contributed by atoms with Gasteiger partial charge >= 0.3 is 5.97 Å². The van der Waals surface area contributed by atoms with E-state index < -0.39 is 11.6 Å². The number of aliphatic hydroxyl groups is 1. The van der Waals surface area contributed by atoms with Crippen molar-refractivity contribution in [3.05, 3.63) is 0 Å². The number of methoxy groups -OCH3 is 1. The van der Waals surface area contributed by atoms with E-state index in [1.165, 1.54) is 14.0 Å². The first-order chi connectivity index (χ1) is 7.01. The molecule has 1 aliphatic rings. The molecule has 0 saturated carbocycles. The summed E-state index contributed by atoms with van der Waals surface area (Å²) in [4.78, 5) is 13.5. The molecule has 1 N–H and O–H groups in total. The van der Waals surface area contributed by atoms with Crippen molar-refractivity contribution in [3.8, 4) is 0 Å². The minimum absolute atomic E-state index is 0.373. The van der Waals surface area contributed by atoms with Crippen molar-refractivity contribution in [2.45, 2.75) is 44.8 Å². The van der Waals surface area contributed by atoms with E-state index in [1.807, 2.05) is 0 Å². The van der Waals surface area contributed by atoms with Crippen LogP contribution in [0.1, 0.15) is 33.1 Å². The molecule has 0 aromatic heterocycles. The third-order valence-electron chi connectivity index (χ3n) is 3.11. The van der Waals surface area contributed by atoms with E-state index in [2.05, 4.69) is 16.6 Å². The monoisotopic (exact) mass is 215 g/mol. The Balaban J connectivity index is 2.56. The first-order valence-electron chi connectivity index (χ1n) is 5.56. The number of carbonyl (C=O) groups is 1. The van der Waals surface area contributed by atoms with Gasteiger partial charge in [0.25, 0.3) is 0 Å². The van der Waals surface area contributed by atoms with Crippen LogP contribution >= 0.6 is 0 Å². The molecule has 0 aliphatic carbocycles. The minimum Gasteiger partial charge on any atom is -0.467 e. The second-order valence-corrected chi connectivity index (χ2v) is 4.44. The summed E-state index contributed by atoms with van der Waals surface area (Å²) in [5, 5.41) is 9.94. The van der Waals surface area contributed by atoms with Gasteiger partial charge in [0.2, 0.25) is 0 Å². The van der Waals surface area contributed by atoms with Gasteiger partial charge in [-0.25, -0.2) is 4.79 Å². The highest BCUT2D eigenvalue weighted by Gasteiger charge is 2.36. The zero-order valence-corrected chi connectivity index (χ0v) is 9.82. The zero-order valence-electron chi connectivity index (χ0n) is 9.82. The standard InChI is InChI=1S/C11H21NO3/c1-4-9-6-5-7-12(9)8-11(2,14)10(13)15-3/h9,14H,4-8H2,1-3H3. The fraction of sp³-hybridized carbons (Fsp3) is 0.909. The molecular formula is C11H21NO3. The Morgan fingerprint density at radius 3 is 2.87 bits per heavy atom. The first kappa shape index (κ1) is 12.5. The highest BCUT2D eigenvalue weighted by atomic mass is 16.5. The topological polar surface area (TPSA) is 49.8 Å². The maximum Gasteiger partial charge on any atom is 0.338 e. The number of likely N-dealkylation sites (tertiary alicyclic amines) is 1. The average Bonchev–Trinajstić information content (AvgIpc) is 2.63. The first-order valence-corrected chi connectivity index (χ1v) is 5.56. The van der Waals surface area contributed by atoms with Gasteiger partial charge in [-0.15, -0.1) is 0 Å². The Morgan fingerprint density at radius 2 is 2.33 bits per heavy atom. The fourth-order valence-electron chi connectivity index (χ4n) is 2.25. The highest BCUT2D eigenvalue weighted by Crippen LogP contribution is 2.22. The summed E-state index contributed by atoms with van der Waals surface area (Å²) in [6.07, 6.45) is 3.38.